The molecule has 1 saturated carbocycles. The van der Waals surface area contributed by atoms with E-state index in [9.17, 15) is 0 Å². The Morgan fingerprint density at radius 3 is 2.29 bits per heavy atom. The van der Waals surface area contributed by atoms with E-state index in [0.717, 1.165) is 31.6 Å². The molecule has 0 aliphatic heterocycles. The summed E-state index contributed by atoms with van der Waals surface area (Å²) in [6.07, 6.45) is 5.62. The van der Waals surface area contributed by atoms with E-state index in [1.54, 1.807) is 0 Å². The average Bonchev–Trinajstić information content (AvgIpc) is 2.99. The van der Waals surface area contributed by atoms with E-state index in [-0.39, 0.29) is 0 Å². The molecule has 0 spiro atoms. The zero-order valence-electron chi connectivity index (χ0n) is 14.1. The maximum atomic E-state index is 3.39. The van der Waals surface area contributed by atoms with E-state index in [1.807, 2.05) is 0 Å². The van der Waals surface area contributed by atoms with Gasteiger partial charge in [-0.05, 0) is 36.4 Å². The lowest BCUT2D eigenvalue weighted by atomic mass is 10.1. The van der Waals surface area contributed by atoms with Gasteiger partial charge in [-0.2, -0.15) is 0 Å². The molecule has 0 atom stereocenters. The van der Waals surface area contributed by atoms with Crippen molar-refractivity contribution in [3.8, 4) is 0 Å². The first-order chi connectivity index (χ1) is 10.2. The lowest BCUT2D eigenvalue weighted by molar-refractivity contribution is 0.168. The third-order valence-corrected chi connectivity index (χ3v) is 4.43. The normalized spacial score (nSPS) is 16.2. The summed E-state index contributed by atoms with van der Waals surface area (Å²) in [5.74, 6) is 0.749. The highest BCUT2D eigenvalue weighted by Gasteiger charge is 2.23. The Morgan fingerprint density at radius 2 is 1.71 bits per heavy atom. The van der Waals surface area contributed by atoms with Crippen molar-refractivity contribution in [3.05, 3.63) is 35.4 Å². The van der Waals surface area contributed by atoms with Crippen molar-refractivity contribution in [1.82, 2.24) is 10.2 Å². The molecule has 1 aromatic rings. The van der Waals surface area contributed by atoms with E-state index < -0.39 is 0 Å². The van der Waals surface area contributed by atoms with E-state index in [4.69, 9.17) is 0 Å². The summed E-state index contributed by atoms with van der Waals surface area (Å²) < 4.78 is 0. The smallest absolute Gasteiger partial charge is 0.0236 e. The number of hydrogen-bond donors (Lipinski definition) is 1. The Morgan fingerprint density at radius 1 is 1.10 bits per heavy atom. The lowest BCUT2D eigenvalue weighted by Gasteiger charge is -2.30. The fourth-order valence-electron chi connectivity index (χ4n) is 3.35. The first-order valence-electron chi connectivity index (χ1n) is 8.71. The van der Waals surface area contributed by atoms with Crippen LogP contribution in [-0.2, 0) is 13.1 Å². The maximum Gasteiger partial charge on any atom is 0.0236 e. The number of nitrogens with one attached hydrogen (secondary N) is 1. The second-order valence-corrected chi connectivity index (χ2v) is 6.86. The highest BCUT2D eigenvalue weighted by molar-refractivity contribution is 5.22. The van der Waals surface area contributed by atoms with Crippen molar-refractivity contribution in [2.75, 3.05) is 13.1 Å². The molecule has 0 amide bonds. The average molecular weight is 288 g/mol. The van der Waals surface area contributed by atoms with Crippen LogP contribution in [0.2, 0.25) is 0 Å². The Balaban J connectivity index is 1.95. The number of hydrogen-bond acceptors (Lipinski definition) is 2. The summed E-state index contributed by atoms with van der Waals surface area (Å²) in [7, 11) is 0. The number of rotatable bonds is 8. The minimum Gasteiger partial charge on any atom is -0.313 e. The predicted octanol–water partition coefficient (Wildman–Crippen LogP) is 4.20. The van der Waals surface area contributed by atoms with Gasteiger partial charge in [-0.1, -0.05) is 57.9 Å². The van der Waals surface area contributed by atoms with Crippen molar-refractivity contribution < 1.29 is 0 Å². The molecule has 0 heterocycles. The molecule has 0 radical (unpaired) electrons. The van der Waals surface area contributed by atoms with Crippen LogP contribution in [0.5, 0.6) is 0 Å². The fraction of sp³-hybridized carbons (Fsp3) is 0.684. The van der Waals surface area contributed by atoms with Crippen molar-refractivity contribution in [1.29, 1.82) is 0 Å². The SMILES string of the molecule is CCNCc1ccc(CN(CC(C)C)C2CCCC2)cc1. The molecule has 0 unspecified atom stereocenters. The summed E-state index contributed by atoms with van der Waals surface area (Å²) in [5, 5.41) is 3.39. The largest absolute Gasteiger partial charge is 0.313 e. The van der Waals surface area contributed by atoms with Gasteiger partial charge in [-0.3, -0.25) is 4.90 Å². The van der Waals surface area contributed by atoms with E-state index in [1.165, 1.54) is 43.4 Å². The fourth-order valence-corrected chi connectivity index (χ4v) is 3.35. The van der Waals surface area contributed by atoms with Gasteiger partial charge < -0.3 is 5.32 Å². The Kier molecular flexibility index (Phi) is 6.72. The van der Waals surface area contributed by atoms with Gasteiger partial charge in [0.1, 0.15) is 0 Å². The van der Waals surface area contributed by atoms with Crippen molar-refractivity contribution in [3.63, 3.8) is 0 Å². The molecule has 1 aromatic carbocycles. The zero-order chi connectivity index (χ0) is 15.1. The highest BCUT2D eigenvalue weighted by atomic mass is 15.2. The third-order valence-electron chi connectivity index (χ3n) is 4.43. The molecule has 2 heteroatoms. The van der Waals surface area contributed by atoms with Crippen LogP contribution in [-0.4, -0.2) is 24.0 Å². The van der Waals surface area contributed by atoms with Crippen molar-refractivity contribution in [2.45, 2.75) is 65.6 Å². The van der Waals surface area contributed by atoms with Gasteiger partial charge in [0.15, 0.2) is 0 Å². The predicted molar refractivity (Wildman–Crippen MR) is 91.3 cm³/mol. The minimum absolute atomic E-state index is 0.749. The highest BCUT2D eigenvalue weighted by Crippen LogP contribution is 2.25. The maximum absolute atomic E-state index is 3.39. The van der Waals surface area contributed by atoms with Gasteiger partial charge in [-0.25, -0.2) is 0 Å². The van der Waals surface area contributed by atoms with Crippen LogP contribution in [0, 0.1) is 5.92 Å². The molecule has 2 nitrogen and oxygen atoms in total. The van der Waals surface area contributed by atoms with Crippen molar-refractivity contribution in [2.24, 2.45) is 5.92 Å². The van der Waals surface area contributed by atoms with Gasteiger partial charge >= 0.3 is 0 Å². The molecule has 2 rings (SSSR count). The van der Waals surface area contributed by atoms with Crippen molar-refractivity contribution >= 4 is 0 Å². The van der Waals surface area contributed by atoms with Crippen LogP contribution in [0.4, 0.5) is 0 Å². The molecular formula is C19H32N2. The molecule has 1 aliphatic rings. The van der Waals surface area contributed by atoms with Crippen LogP contribution in [0.3, 0.4) is 0 Å². The first kappa shape index (κ1) is 16.5. The summed E-state index contributed by atoms with van der Waals surface area (Å²) in [6, 6.07) is 10.00. The standard InChI is InChI=1S/C19H32N2/c1-4-20-13-17-9-11-18(12-10-17)15-21(14-16(2)3)19-7-5-6-8-19/h9-12,16,19-20H,4-8,13-15H2,1-3H3. The van der Waals surface area contributed by atoms with Gasteiger partial charge in [0.2, 0.25) is 0 Å². The topological polar surface area (TPSA) is 15.3 Å². The molecule has 1 aliphatic carbocycles. The molecular weight excluding hydrogens is 256 g/mol. The third kappa shape index (κ3) is 5.44. The summed E-state index contributed by atoms with van der Waals surface area (Å²) >= 11 is 0. The monoisotopic (exact) mass is 288 g/mol. The Bertz CT molecular complexity index is 391. The van der Waals surface area contributed by atoms with Crippen LogP contribution >= 0.6 is 0 Å². The molecule has 0 saturated heterocycles. The van der Waals surface area contributed by atoms with Crippen LogP contribution in [0.25, 0.3) is 0 Å². The summed E-state index contributed by atoms with van der Waals surface area (Å²) in [4.78, 5) is 2.72. The molecule has 21 heavy (non-hydrogen) atoms. The number of benzene rings is 1. The van der Waals surface area contributed by atoms with Gasteiger partial charge in [0.25, 0.3) is 0 Å². The second kappa shape index (κ2) is 8.55. The quantitative estimate of drug-likeness (QED) is 0.771. The minimum atomic E-state index is 0.749. The van der Waals surface area contributed by atoms with E-state index in [0.29, 0.717) is 0 Å². The first-order valence-corrected chi connectivity index (χ1v) is 8.71. The lowest BCUT2D eigenvalue weighted by Crippen LogP contribution is -2.35. The van der Waals surface area contributed by atoms with Gasteiger partial charge in [-0.15, -0.1) is 0 Å². The molecule has 0 bridgehead atoms. The van der Waals surface area contributed by atoms with Crippen LogP contribution in [0.15, 0.2) is 24.3 Å². The van der Waals surface area contributed by atoms with Crippen LogP contribution < -0.4 is 5.32 Å². The molecule has 1 fully saturated rings. The van der Waals surface area contributed by atoms with Gasteiger partial charge in [0.05, 0.1) is 0 Å². The zero-order valence-corrected chi connectivity index (χ0v) is 14.1. The molecule has 118 valence electrons. The second-order valence-electron chi connectivity index (χ2n) is 6.86. The van der Waals surface area contributed by atoms with E-state index in [2.05, 4.69) is 55.3 Å². The van der Waals surface area contributed by atoms with Crippen LogP contribution in [0.1, 0.15) is 57.6 Å². The summed E-state index contributed by atoms with van der Waals surface area (Å²) in [6.45, 7) is 11.2. The Labute approximate surface area is 130 Å². The summed E-state index contributed by atoms with van der Waals surface area (Å²) in [5.41, 5.74) is 2.85. The molecule has 0 aromatic heterocycles. The molecule has 1 N–H and O–H groups in total. The van der Waals surface area contributed by atoms with Gasteiger partial charge in [0, 0.05) is 25.7 Å². The number of nitrogens with zero attached hydrogens (tertiary/aromatic N) is 1. The Hall–Kier alpha value is -0.860. The van der Waals surface area contributed by atoms with E-state index >= 15 is 0 Å².